The van der Waals surface area contributed by atoms with Gasteiger partial charge in [-0.05, 0) is 74.8 Å². The number of fused-ring (bicyclic) bond motifs is 1. The highest BCUT2D eigenvalue weighted by Crippen LogP contribution is 2.34. The van der Waals surface area contributed by atoms with Crippen LogP contribution >= 0.6 is 23.3 Å². The van der Waals surface area contributed by atoms with Crippen LogP contribution in [0.3, 0.4) is 0 Å². The van der Waals surface area contributed by atoms with Crippen LogP contribution < -0.4 is 15.0 Å². The minimum atomic E-state index is -0.374. The van der Waals surface area contributed by atoms with E-state index in [1.807, 2.05) is 30.5 Å². The number of ether oxygens (including phenoxy) is 1. The maximum Gasteiger partial charge on any atom is 0.328 e. The van der Waals surface area contributed by atoms with E-state index in [1.165, 1.54) is 29.7 Å². The maximum absolute atomic E-state index is 13.3. The molecule has 9 heteroatoms. The van der Waals surface area contributed by atoms with E-state index in [4.69, 9.17) is 4.74 Å². The van der Waals surface area contributed by atoms with Gasteiger partial charge in [0.2, 0.25) is 5.06 Å². The van der Waals surface area contributed by atoms with E-state index in [9.17, 15) is 9.18 Å². The highest BCUT2D eigenvalue weighted by Gasteiger charge is 2.24. The highest BCUT2D eigenvalue weighted by atomic mass is 32.2. The summed E-state index contributed by atoms with van der Waals surface area (Å²) >= 11 is 2.85. The molecule has 1 aliphatic rings. The second-order valence-electron chi connectivity index (χ2n) is 6.92. The molecule has 0 aliphatic carbocycles. The van der Waals surface area contributed by atoms with Gasteiger partial charge in [-0.2, -0.15) is 0 Å². The van der Waals surface area contributed by atoms with Crippen molar-refractivity contribution in [2.75, 3.05) is 30.9 Å². The van der Waals surface area contributed by atoms with E-state index < -0.39 is 0 Å². The number of anilines is 2. The molecule has 30 heavy (non-hydrogen) atoms. The summed E-state index contributed by atoms with van der Waals surface area (Å²) in [5, 5.41) is 3.75. The van der Waals surface area contributed by atoms with Crippen molar-refractivity contribution in [3.8, 4) is 10.8 Å². The number of aryl methyl sites for hydroxylation is 1. The SMILES string of the molecule is CN(C)Sc1ccc2c(c1)CCCN2C(=O)Nc1ncc(Oc2cccc(F)c2)s1. The molecule has 0 radical (unpaired) electrons. The molecule has 0 saturated heterocycles. The van der Waals surface area contributed by atoms with Crippen molar-refractivity contribution in [1.29, 1.82) is 0 Å². The monoisotopic (exact) mass is 444 g/mol. The van der Waals surface area contributed by atoms with Gasteiger partial charge in [0.1, 0.15) is 11.6 Å². The number of carbonyl (C=O) groups is 1. The van der Waals surface area contributed by atoms with Gasteiger partial charge in [-0.3, -0.25) is 14.5 Å². The normalized spacial score (nSPS) is 13.3. The fraction of sp³-hybridized carbons (Fsp3) is 0.238. The fourth-order valence-electron chi connectivity index (χ4n) is 3.22. The third kappa shape index (κ3) is 4.92. The van der Waals surface area contributed by atoms with Gasteiger partial charge in [-0.25, -0.2) is 14.2 Å². The number of thiazole rings is 1. The summed E-state index contributed by atoms with van der Waals surface area (Å²) < 4.78 is 21.0. The Bertz CT molecular complexity index is 1060. The first-order valence-electron chi connectivity index (χ1n) is 9.44. The molecule has 1 aromatic heterocycles. The van der Waals surface area contributed by atoms with E-state index in [1.54, 1.807) is 29.0 Å². The third-order valence-electron chi connectivity index (χ3n) is 4.42. The summed E-state index contributed by atoms with van der Waals surface area (Å²) in [6.45, 7) is 0.650. The fourth-order valence-corrected chi connectivity index (χ4v) is 4.65. The number of amides is 2. The zero-order valence-corrected chi connectivity index (χ0v) is 18.2. The molecule has 6 nitrogen and oxygen atoms in total. The third-order valence-corrected chi connectivity index (χ3v) is 6.04. The summed E-state index contributed by atoms with van der Waals surface area (Å²) in [6, 6.07) is 11.8. The number of benzene rings is 2. The van der Waals surface area contributed by atoms with Crippen molar-refractivity contribution in [2.24, 2.45) is 0 Å². The number of nitrogens with one attached hydrogen (secondary N) is 1. The summed E-state index contributed by atoms with van der Waals surface area (Å²) in [6.07, 6.45) is 3.37. The van der Waals surface area contributed by atoms with E-state index in [0.29, 0.717) is 22.5 Å². The standard InChI is InChI=1S/C21H21FN4O2S2/c1-25(2)30-17-8-9-18-14(11-17)5-4-10-26(18)21(27)24-20-23-13-19(29-20)28-16-7-3-6-15(22)12-16/h3,6-9,11-13H,4-5,10H2,1-2H3,(H,23,24,27). The molecular weight excluding hydrogens is 423 g/mol. The van der Waals surface area contributed by atoms with Crippen molar-refractivity contribution in [3.63, 3.8) is 0 Å². The number of aromatic nitrogens is 1. The Morgan fingerprint density at radius 2 is 2.17 bits per heavy atom. The number of carbonyl (C=O) groups excluding carboxylic acids is 1. The lowest BCUT2D eigenvalue weighted by molar-refractivity contribution is 0.256. The second kappa shape index (κ2) is 9.03. The van der Waals surface area contributed by atoms with Gasteiger partial charge in [-0.1, -0.05) is 17.4 Å². The molecule has 1 N–H and O–H groups in total. The predicted octanol–water partition coefficient (Wildman–Crippen LogP) is 5.63. The van der Waals surface area contributed by atoms with Crippen LogP contribution in [0.15, 0.2) is 53.6 Å². The molecule has 0 fully saturated rings. The summed E-state index contributed by atoms with van der Waals surface area (Å²) in [5.74, 6) is 0.00864. The Hall–Kier alpha value is -2.62. The van der Waals surface area contributed by atoms with E-state index in [0.717, 1.165) is 29.0 Å². The van der Waals surface area contributed by atoms with Crippen LogP contribution in [0.5, 0.6) is 10.8 Å². The second-order valence-corrected chi connectivity index (χ2v) is 9.30. The lowest BCUT2D eigenvalue weighted by Crippen LogP contribution is -2.38. The van der Waals surface area contributed by atoms with Crippen LogP contribution in [0.4, 0.5) is 20.0 Å². The first-order valence-corrected chi connectivity index (χ1v) is 11.0. The van der Waals surface area contributed by atoms with Crippen molar-refractivity contribution in [2.45, 2.75) is 17.7 Å². The van der Waals surface area contributed by atoms with Gasteiger partial charge in [-0.15, -0.1) is 0 Å². The minimum Gasteiger partial charge on any atom is -0.445 e. The number of nitrogens with zero attached hydrogens (tertiary/aromatic N) is 3. The van der Waals surface area contributed by atoms with Gasteiger partial charge >= 0.3 is 6.03 Å². The van der Waals surface area contributed by atoms with Gasteiger partial charge in [0.05, 0.1) is 6.20 Å². The maximum atomic E-state index is 13.3. The first-order chi connectivity index (χ1) is 14.5. The summed E-state index contributed by atoms with van der Waals surface area (Å²) in [5.41, 5.74) is 2.09. The Morgan fingerprint density at radius 3 is 2.97 bits per heavy atom. The van der Waals surface area contributed by atoms with Crippen LogP contribution in [-0.2, 0) is 6.42 Å². The van der Waals surface area contributed by atoms with Crippen LogP contribution in [0.25, 0.3) is 0 Å². The molecule has 0 saturated carbocycles. The molecule has 2 heterocycles. The van der Waals surface area contributed by atoms with Crippen molar-refractivity contribution in [3.05, 3.63) is 60.0 Å². The predicted molar refractivity (Wildman–Crippen MR) is 119 cm³/mol. The van der Waals surface area contributed by atoms with Gasteiger partial charge in [0, 0.05) is 23.2 Å². The molecule has 156 valence electrons. The van der Waals surface area contributed by atoms with Gasteiger partial charge in [0.25, 0.3) is 0 Å². The van der Waals surface area contributed by atoms with E-state index in [-0.39, 0.29) is 11.8 Å². The molecule has 0 atom stereocenters. The smallest absolute Gasteiger partial charge is 0.328 e. The number of rotatable bonds is 5. The average Bonchev–Trinajstić information content (AvgIpc) is 3.13. The van der Waals surface area contributed by atoms with E-state index >= 15 is 0 Å². The molecule has 2 amide bonds. The molecule has 0 spiro atoms. The summed E-state index contributed by atoms with van der Waals surface area (Å²) in [7, 11) is 4.01. The first kappa shape index (κ1) is 20.6. The lowest BCUT2D eigenvalue weighted by atomic mass is 10.0. The van der Waals surface area contributed by atoms with Crippen molar-refractivity contribution >= 4 is 40.1 Å². The molecule has 3 aromatic rings. The molecule has 0 unspecified atom stereocenters. The van der Waals surface area contributed by atoms with Crippen LogP contribution in [-0.4, -0.2) is 36.0 Å². The molecular formula is C21H21FN4O2S2. The quantitative estimate of drug-likeness (QED) is 0.517. The number of hydrogen-bond donors (Lipinski definition) is 1. The number of urea groups is 1. The molecule has 4 rings (SSSR count). The van der Waals surface area contributed by atoms with Gasteiger partial charge in [0.15, 0.2) is 5.13 Å². The topological polar surface area (TPSA) is 57.7 Å². The zero-order chi connectivity index (χ0) is 21.1. The van der Waals surface area contributed by atoms with Crippen LogP contribution in [0.1, 0.15) is 12.0 Å². The Labute approximate surface area is 182 Å². The van der Waals surface area contributed by atoms with Crippen LogP contribution in [0, 0.1) is 5.82 Å². The van der Waals surface area contributed by atoms with Crippen LogP contribution in [0.2, 0.25) is 0 Å². The van der Waals surface area contributed by atoms with E-state index in [2.05, 4.69) is 16.4 Å². The average molecular weight is 445 g/mol. The Balaban J connectivity index is 1.44. The molecule has 1 aliphatic heterocycles. The molecule has 2 aromatic carbocycles. The highest BCUT2D eigenvalue weighted by molar-refractivity contribution is 7.97. The van der Waals surface area contributed by atoms with Gasteiger partial charge < -0.3 is 4.74 Å². The van der Waals surface area contributed by atoms with Crippen molar-refractivity contribution in [1.82, 2.24) is 9.29 Å². The van der Waals surface area contributed by atoms with Crippen molar-refractivity contribution < 1.29 is 13.9 Å². The molecule has 0 bridgehead atoms. The number of hydrogen-bond acceptors (Lipinski definition) is 6. The number of halogens is 1. The Morgan fingerprint density at radius 1 is 1.30 bits per heavy atom. The minimum absolute atomic E-state index is 0.226. The zero-order valence-electron chi connectivity index (χ0n) is 16.6. The summed E-state index contributed by atoms with van der Waals surface area (Å²) in [4.78, 5) is 20.0. The largest absolute Gasteiger partial charge is 0.445 e. The Kier molecular flexibility index (Phi) is 6.21. The lowest BCUT2D eigenvalue weighted by Gasteiger charge is -2.29.